The van der Waals surface area contributed by atoms with Crippen LogP contribution in [-0.2, 0) is 6.54 Å². The third kappa shape index (κ3) is 4.00. The fourth-order valence-electron chi connectivity index (χ4n) is 2.76. The number of hydrogen-bond acceptors (Lipinski definition) is 2. The topological polar surface area (TPSA) is 15.3 Å². The van der Waals surface area contributed by atoms with Gasteiger partial charge < -0.3 is 5.32 Å². The van der Waals surface area contributed by atoms with E-state index >= 15 is 0 Å². The van der Waals surface area contributed by atoms with Crippen LogP contribution in [0, 0.1) is 11.6 Å². The number of halogens is 2. The van der Waals surface area contributed by atoms with Crippen LogP contribution in [0.25, 0.3) is 0 Å². The van der Waals surface area contributed by atoms with E-state index in [9.17, 15) is 8.78 Å². The lowest BCUT2D eigenvalue weighted by atomic mass is 10.0. The lowest BCUT2D eigenvalue weighted by molar-refractivity contribution is 0.132. The Bertz CT molecular complexity index is 414. The molecule has 1 aromatic rings. The lowest BCUT2D eigenvalue weighted by Gasteiger charge is -2.36. The number of nitrogens with one attached hydrogen (secondary N) is 1. The Morgan fingerprint density at radius 2 is 1.95 bits per heavy atom. The van der Waals surface area contributed by atoms with Crippen LogP contribution in [0.5, 0.6) is 0 Å². The fourth-order valence-corrected chi connectivity index (χ4v) is 2.76. The van der Waals surface area contributed by atoms with Crippen molar-refractivity contribution in [2.45, 2.75) is 51.7 Å². The van der Waals surface area contributed by atoms with Gasteiger partial charge in [-0.2, -0.15) is 0 Å². The Labute approximate surface area is 120 Å². The van der Waals surface area contributed by atoms with E-state index in [2.05, 4.69) is 24.1 Å². The van der Waals surface area contributed by atoms with E-state index in [1.165, 1.54) is 24.6 Å². The van der Waals surface area contributed by atoms with Crippen molar-refractivity contribution in [3.8, 4) is 0 Å². The molecule has 1 fully saturated rings. The quantitative estimate of drug-likeness (QED) is 0.891. The summed E-state index contributed by atoms with van der Waals surface area (Å²) in [6.07, 6.45) is 3.39. The van der Waals surface area contributed by atoms with E-state index in [0.717, 1.165) is 25.9 Å². The van der Waals surface area contributed by atoms with Gasteiger partial charge in [0.15, 0.2) is 0 Å². The molecule has 112 valence electrons. The predicted octanol–water partition coefficient (Wildman–Crippen LogP) is 3.32. The first kappa shape index (κ1) is 15.4. The predicted molar refractivity (Wildman–Crippen MR) is 77.5 cm³/mol. The van der Waals surface area contributed by atoms with Crippen molar-refractivity contribution in [3.05, 3.63) is 35.4 Å². The Hall–Kier alpha value is -1.00. The smallest absolute Gasteiger partial charge is 0.130 e. The third-order valence-corrected chi connectivity index (χ3v) is 3.93. The normalized spacial score (nSPS) is 20.6. The summed E-state index contributed by atoms with van der Waals surface area (Å²) in [6, 6.07) is 4.89. The van der Waals surface area contributed by atoms with E-state index < -0.39 is 11.6 Å². The molecule has 1 saturated heterocycles. The molecule has 0 amide bonds. The lowest BCUT2D eigenvalue weighted by Crippen LogP contribution is -2.46. The maximum absolute atomic E-state index is 13.8. The van der Waals surface area contributed by atoms with Crippen LogP contribution in [0.1, 0.15) is 38.7 Å². The molecule has 0 saturated carbocycles. The summed E-state index contributed by atoms with van der Waals surface area (Å²) < 4.78 is 27.5. The summed E-state index contributed by atoms with van der Waals surface area (Å²) in [5.41, 5.74) is 0.198. The Balaban J connectivity index is 2.04. The SMILES string of the molecule is CC(C)NCC1CCCCN1Cc1c(F)cccc1F. The van der Waals surface area contributed by atoms with Gasteiger partial charge in [-0.3, -0.25) is 4.90 Å². The van der Waals surface area contributed by atoms with E-state index in [1.54, 1.807) is 0 Å². The first-order valence-corrected chi connectivity index (χ1v) is 7.48. The van der Waals surface area contributed by atoms with Crippen molar-refractivity contribution >= 4 is 0 Å². The summed E-state index contributed by atoms with van der Waals surface area (Å²) in [5, 5.41) is 3.43. The van der Waals surface area contributed by atoms with E-state index in [4.69, 9.17) is 0 Å². The van der Waals surface area contributed by atoms with Gasteiger partial charge >= 0.3 is 0 Å². The van der Waals surface area contributed by atoms with E-state index in [0.29, 0.717) is 18.6 Å². The second-order valence-corrected chi connectivity index (χ2v) is 5.88. The summed E-state index contributed by atoms with van der Waals surface area (Å²) in [4.78, 5) is 2.21. The van der Waals surface area contributed by atoms with Gasteiger partial charge in [-0.15, -0.1) is 0 Å². The van der Waals surface area contributed by atoms with Crippen LogP contribution in [0.15, 0.2) is 18.2 Å². The minimum atomic E-state index is -0.439. The summed E-state index contributed by atoms with van der Waals surface area (Å²) in [5.74, 6) is -0.878. The molecule has 1 N–H and O–H groups in total. The fraction of sp³-hybridized carbons (Fsp3) is 0.625. The average molecular weight is 282 g/mol. The molecule has 0 aliphatic carbocycles. The van der Waals surface area contributed by atoms with Gasteiger partial charge in [0, 0.05) is 30.7 Å². The van der Waals surface area contributed by atoms with Crippen molar-refractivity contribution < 1.29 is 8.78 Å². The average Bonchev–Trinajstić information content (AvgIpc) is 2.42. The van der Waals surface area contributed by atoms with Crippen LogP contribution in [-0.4, -0.2) is 30.1 Å². The standard InChI is InChI=1S/C16H24F2N2/c1-12(2)19-10-13-6-3-4-9-20(13)11-14-15(17)7-5-8-16(14)18/h5,7-8,12-13,19H,3-4,6,9-11H2,1-2H3. The molecule has 1 atom stereocenters. The maximum atomic E-state index is 13.8. The molecular formula is C16H24F2N2. The van der Waals surface area contributed by atoms with Gasteiger partial charge in [-0.25, -0.2) is 8.78 Å². The van der Waals surface area contributed by atoms with Crippen LogP contribution in [0.4, 0.5) is 8.78 Å². The summed E-state index contributed by atoms with van der Waals surface area (Å²) >= 11 is 0. The Morgan fingerprint density at radius 1 is 1.25 bits per heavy atom. The van der Waals surface area contributed by atoms with Gasteiger partial charge in [0.05, 0.1) is 0 Å². The molecule has 0 aromatic heterocycles. The number of rotatable bonds is 5. The number of likely N-dealkylation sites (tertiary alicyclic amines) is 1. The molecule has 2 nitrogen and oxygen atoms in total. The van der Waals surface area contributed by atoms with Crippen molar-refractivity contribution in [2.75, 3.05) is 13.1 Å². The largest absolute Gasteiger partial charge is 0.313 e. The van der Waals surface area contributed by atoms with E-state index in [1.807, 2.05) is 0 Å². The molecule has 2 rings (SSSR count). The minimum Gasteiger partial charge on any atom is -0.313 e. The first-order valence-electron chi connectivity index (χ1n) is 7.48. The van der Waals surface area contributed by atoms with Crippen LogP contribution >= 0.6 is 0 Å². The zero-order valence-electron chi connectivity index (χ0n) is 12.3. The van der Waals surface area contributed by atoms with Gasteiger partial charge in [0.2, 0.25) is 0 Å². The molecule has 0 spiro atoms. The first-order chi connectivity index (χ1) is 9.58. The molecule has 1 unspecified atom stereocenters. The molecule has 1 aromatic carbocycles. The van der Waals surface area contributed by atoms with Gasteiger partial charge in [-0.1, -0.05) is 26.3 Å². The second kappa shape index (κ2) is 7.14. The molecule has 4 heteroatoms. The van der Waals surface area contributed by atoms with Crippen molar-refractivity contribution in [2.24, 2.45) is 0 Å². The Kier molecular flexibility index (Phi) is 5.49. The number of nitrogens with zero attached hydrogens (tertiary/aromatic N) is 1. The molecule has 0 bridgehead atoms. The highest BCUT2D eigenvalue weighted by Crippen LogP contribution is 2.22. The monoisotopic (exact) mass is 282 g/mol. The molecule has 20 heavy (non-hydrogen) atoms. The van der Waals surface area contributed by atoms with Gasteiger partial charge in [0.25, 0.3) is 0 Å². The highest BCUT2D eigenvalue weighted by atomic mass is 19.1. The molecule has 0 radical (unpaired) electrons. The second-order valence-electron chi connectivity index (χ2n) is 5.88. The summed E-state index contributed by atoms with van der Waals surface area (Å²) in [7, 11) is 0. The van der Waals surface area contributed by atoms with Crippen LogP contribution in [0.3, 0.4) is 0 Å². The third-order valence-electron chi connectivity index (χ3n) is 3.93. The molecule has 1 aliphatic rings. The van der Waals surface area contributed by atoms with Gasteiger partial charge in [-0.05, 0) is 31.5 Å². The summed E-state index contributed by atoms with van der Waals surface area (Å²) in [6.45, 7) is 6.39. The number of piperidine rings is 1. The highest BCUT2D eigenvalue weighted by Gasteiger charge is 2.24. The Morgan fingerprint density at radius 3 is 2.60 bits per heavy atom. The van der Waals surface area contributed by atoms with Crippen molar-refractivity contribution in [3.63, 3.8) is 0 Å². The number of benzene rings is 1. The minimum absolute atomic E-state index is 0.198. The highest BCUT2D eigenvalue weighted by molar-refractivity contribution is 5.19. The number of hydrogen-bond donors (Lipinski definition) is 1. The van der Waals surface area contributed by atoms with Crippen LogP contribution in [0.2, 0.25) is 0 Å². The van der Waals surface area contributed by atoms with Gasteiger partial charge in [0.1, 0.15) is 11.6 Å². The van der Waals surface area contributed by atoms with E-state index in [-0.39, 0.29) is 5.56 Å². The zero-order valence-corrected chi connectivity index (χ0v) is 12.3. The maximum Gasteiger partial charge on any atom is 0.130 e. The van der Waals surface area contributed by atoms with Crippen LogP contribution < -0.4 is 5.32 Å². The molecule has 1 heterocycles. The van der Waals surface area contributed by atoms with Crippen molar-refractivity contribution in [1.82, 2.24) is 10.2 Å². The molecular weight excluding hydrogens is 258 g/mol. The molecule has 1 aliphatic heterocycles. The van der Waals surface area contributed by atoms with Crippen molar-refractivity contribution in [1.29, 1.82) is 0 Å². The zero-order chi connectivity index (χ0) is 14.5.